The number of nitrogens with zero attached hydrogens (tertiary/aromatic N) is 2. The van der Waals surface area contributed by atoms with E-state index in [0.29, 0.717) is 0 Å². The molecule has 0 saturated carbocycles. The van der Waals surface area contributed by atoms with Gasteiger partial charge in [0, 0.05) is 12.5 Å². The fourth-order valence-electron chi connectivity index (χ4n) is 3.64. The number of amides is 1. The lowest BCUT2D eigenvalue weighted by Gasteiger charge is -2.27. The summed E-state index contributed by atoms with van der Waals surface area (Å²) in [4.78, 5) is 48.9. The highest BCUT2D eigenvalue weighted by atomic mass is 16.5. The van der Waals surface area contributed by atoms with Crippen LogP contribution in [0.4, 0.5) is 0 Å². The average molecular weight is 405 g/mol. The summed E-state index contributed by atoms with van der Waals surface area (Å²) in [7, 11) is 1.09. The van der Waals surface area contributed by atoms with Gasteiger partial charge in [0.1, 0.15) is 6.04 Å². The second-order valence-electron chi connectivity index (χ2n) is 7.45. The Morgan fingerprint density at radius 3 is 2.52 bits per heavy atom. The zero-order chi connectivity index (χ0) is 21.6. The van der Waals surface area contributed by atoms with Crippen molar-refractivity contribution in [1.29, 1.82) is 0 Å². The molecule has 158 valence electrons. The van der Waals surface area contributed by atoms with Gasteiger partial charge in [-0.3, -0.25) is 4.79 Å². The lowest BCUT2D eigenvalue weighted by atomic mass is 9.97. The molecule has 1 heterocycles. The maximum atomic E-state index is 12.9. The minimum atomic E-state index is -1.90. The average Bonchev–Trinajstić information content (AvgIpc) is 3.13. The maximum absolute atomic E-state index is 12.9. The van der Waals surface area contributed by atoms with Crippen molar-refractivity contribution in [3.8, 4) is 0 Å². The van der Waals surface area contributed by atoms with Crippen molar-refractivity contribution >= 4 is 17.8 Å². The Kier molecular flexibility index (Phi) is 7.44. The highest BCUT2D eigenvalue weighted by Crippen LogP contribution is 2.32. The fraction of sp³-hybridized carbons (Fsp3) is 0.550. The molecule has 1 aliphatic heterocycles. The smallest absolute Gasteiger partial charge is 0.339 e. The number of carbonyl (C=O) groups excluding carboxylic acids is 2. The minimum absolute atomic E-state index is 0.00500. The van der Waals surface area contributed by atoms with E-state index >= 15 is 0 Å². The van der Waals surface area contributed by atoms with Crippen molar-refractivity contribution in [3.05, 3.63) is 40.8 Å². The first-order valence-electron chi connectivity index (χ1n) is 9.50. The minimum Gasteiger partial charge on any atom is -0.480 e. The number of likely N-dealkylation sites (tertiary alicyclic amines) is 1. The number of carbonyl (C=O) groups is 3. The van der Waals surface area contributed by atoms with Crippen LogP contribution in [0.1, 0.15) is 32.3 Å². The Balaban J connectivity index is 2.03. The van der Waals surface area contributed by atoms with Gasteiger partial charge in [-0.2, -0.15) is 0 Å². The summed E-state index contributed by atoms with van der Waals surface area (Å²) in [5.41, 5.74) is -0.711. The molecule has 1 unspecified atom stereocenters. The molecule has 29 heavy (non-hydrogen) atoms. The lowest BCUT2D eigenvalue weighted by molar-refractivity contribution is -0.149. The highest BCUT2D eigenvalue weighted by Gasteiger charge is 2.56. The Bertz CT molecular complexity index is 756. The molecule has 1 saturated heterocycles. The number of hydrogen-bond acceptors (Lipinski definition) is 7. The quantitative estimate of drug-likeness (QED) is 0.469. The van der Waals surface area contributed by atoms with Crippen LogP contribution in [0.25, 0.3) is 0 Å². The number of carboxylic acids is 1. The molecule has 1 aromatic rings. The Morgan fingerprint density at radius 2 is 1.97 bits per heavy atom. The number of benzene rings is 1. The number of aliphatic carboxylic acids is 1. The van der Waals surface area contributed by atoms with Crippen LogP contribution in [0.3, 0.4) is 0 Å². The van der Waals surface area contributed by atoms with E-state index in [2.05, 4.69) is 15.2 Å². The van der Waals surface area contributed by atoms with E-state index in [0.717, 1.165) is 24.9 Å². The van der Waals surface area contributed by atoms with E-state index in [1.54, 1.807) is 6.92 Å². The zero-order valence-electron chi connectivity index (χ0n) is 16.8. The normalized spacial score (nSPS) is 23.3. The maximum Gasteiger partial charge on any atom is 0.339 e. The molecule has 0 radical (unpaired) electrons. The summed E-state index contributed by atoms with van der Waals surface area (Å²) < 4.78 is 4.60. The molecule has 0 spiro atoms. The topological polar surface area (TPSA) is 125 Å². The fourth-order valence-corrected chi connectivity index (χ4v) is 3.64. The third-order valence-corrected chi connectivity index (χ3v) is 5.26. The second kappa shape index (κ2) is 9.60. The van der Waals surface area contributed by atoms with E-state index in [4.69, 9.17) is 0 Å². The SMILES string of the molecule is COC(=O)C1(N=O)C[C@@H](C(=O)O)N(C(=O)[C@H](C)N[C@H](C)CCc2ccccc2)C1. The standard InChI is InChI=1S/C20H27N3O6/c1-13(9-10-15-7-5-4-6-8-15)21-14(2)17(24)23-12-20(22-28,19(27)29-3)11-16(23)18(25)26/h4-8,13-14,16,21H,9-12H2,1-3H3,(H,25,26)/t13-,14+,16+,20?/m1/s1. The van der Waals surface area contributed by atoms with Crippen molar-refractivity contribution in [3.63, 3.8) is 0 Å². The molecule has 1 amide bonds. The number of nitrogens with one attached hydrogen (secondary N) is 1. The summed E-state index contributed by atoms with van der Waals surface area (Å²) in [6, 6.07) is 7.93. The van der Waals surface area contributed by atoms with Crippen molar-refractivity contribution in [2.24, 2.45) is 5.18 Å². The first kappa shape index (κ1) is 22.5. The number of rotatable bonds is 9. The predicted molar refractivity (Wildman–Crippen MR) is 105 cm³/mol. The van der Waals surface area contributed by atoms with Crippen LogP contribution < -0.4 is 5.32 Å². The van der Waals surface area contributed by atoms with Gasteiger partial charge < -0.3 is 20.1 Å². The molecule has 1 fully saturated rings. The van der Waals surface area contributed by atoms with E-state index in [-0.39, 0.29) is 6.04 Å². The molecule has 2 rings (SSSR count). The zero-order valence-corrected chi connectivity index (χ0v) is 16.8. The Morgan fingerprint density at radius 1 is 1.31 bits per heavy atom. The third-order valence-electron chi connectivity index (χ3n) is 5.26. The van der Waals surface area contributed by atoms with Crippen LogP contribution in [-0.4, -0.2) is 65.2 Å². The second-order valence-corrected chi connectivity index (χ2v) is 7.45. The number of aryl methyl sites for hydroxylation is 1. The van der Waals surface area contributed by atoms with Gasteiger partial charge in [-0.15, -0.1) is 4.91 Å². The molecular weight excluding hydrogens is 378 g/mol. The van der Waals surface area contributed by atoms with Crippen LogP contribution in [0, 0.1) is 4.91 Å². The van der Waals surface area contributed by atoms with Gasteiger partial charge >= 0.3 is 11.9 Å². The van der Waals surface area contributed by atoms with Crippen LogP contribution in [0.15, 0.2) is 35.5 Å². The molecule has 0 bridgehead atoms. The van der Waals surface area contributed by atoms with Crippen molar-refractivity contribution in [2.75, 3.05) is 13.7 Å². The van der Waals surface area contributed by atoms with Crippen molar-refractivity contribution < 1.29 is 24.2 Å². The summed E-state index contributed by atoms with van der Waals surface area (Å²) in [5.74, 6) is -2.73. The number of nitroso groups, excluding NO2 is 1. The molecule has 1 aromatic carbocycles. The number of carboxylic acid groups (broad SMARTS) is 1. The molecule has 2 N–H and O–H groups in total. The number of ether oxygens (including phenoxy) is 1. The molecule has 4 atom stereocenters. The monoisotopic (exact) mass is 405 g/mol. The largest absolute Gasteiger partial charge is 0.480 e. The van der Waals surface area contributed by atoms with Crippen molar-refractivity contribution in [1.82, 2.24) is 10.2 Å². The Labute approximate surface area is 169 Å². The van der Waals surface area contributed by atoms with Gasteiger partial charge in [-0.1, -0.05) is 30.3 Å². The van der Waals surface area contributed by atoms with Crippen LogP contribution in [-0.2, 0) is 25.5 Å². The van der Waals surface area contributed by atoms with E-state index in [1.165, 1.54) is 5.56 Å². The van der Waals surface area contributed by atoms with Gasteiger partial charge in [0.05, 0.1) is 19.7 Å². The van der Waals surface area contributed by atoms with Crippen LogP contribution in [0.2, 0.25) is 0 Å². The van der Waals surface area contributed by atoms with Crippen LogP contribution in [0.5, 0.6) is 0 Å². The summed E-state index contributed by atoms with van der Waals surface area (Å²) in [6.07, 6.45) is 1.21. The van der Waals surface area contributed by atoms with Gasteiger partial charge in [0.2, 0.25) is 11.4 Å². The summed E-state index contributed by atoms with van der Waals surface area (Å²) >= 11 is 0. The number of esters is 1. The highest BCUT2D eigenvalue weighted by molar-refractivity contribution is 5.91. The molecule has 1 aliphatic rings. The first-order valence-corrected chi connectivity index (χ1v) is 9.50. The van der Waals surface area contributed by atoms with Gasteiger partial charge in [0.25, 0.3) is 0 Å². The van der Waals surface area contributed by atoms with E-state index < -0.39 is 48.4 Å². The first-order chi connectivity index (χ1) is 13.7. The van der Waals surface area contributed by atoms with Crippen LogP contribution >= 0.6 is 0 Å². The van der Waals surface area contributed by atoms with E-state index in [1.807, 2.05) is 37.3 Å². The number of methoxy groups -OCH3 is 1. The summed E-state index contributed by atoms with van der Waals surface area (Å²) in [5, 5.41) is 15.5. The predicted octanol–water partition coefficient (Wildman–Crippen LogP) is 1.35. The van der Waals surface area contributed by atoms with Gasteiger partial charge in [-0.05, 0) is 37.4 Å². The lowest BCUT2D eigenvalue weighted by Crippen LogP contribution is -2.51. The molecule has 9 heteroatoms. The summed E-state index contributed by atoms with van der Waals surface area (Å²) in [6.45, 7) is 3.16. The number of hydrogen-bond donors (Lipinski definition) is 2. The third kappa shape index (κ3) is 5.17. The molecule has 0 aromatic heterocycles. The Hall–Kier alpha value is -2.81. The van der Waals surface area contributed by atoms with Crippen molar-refractivity contribution in [2.45, 2.75) is 56.8 Å². The van der Waals surface area contributed by atoms with E-state index in [9.17, 15) is 24.4 Å². The molecule has 9 nitrogen and oxygen atoms in total. The molecular formula is C20H27N3O6. The molecule has 0 aliphatic carbocycles. The van der Waals surface area contributed by atoms with Gasteiger partial charge in [-0.25, -0.2) is 9.59 Å². The van der Waals surface area contributed by atoms with Gasteiger partial charge in [0.15, 0.2) is 0 Å².